The maximum atomic E-state index is 14.7. The minimum Gasteiger partial charge on any atom is -0.461 e. The molecule has 1 fully saturated rings. The molecule has 2 N–H and O–H groups in total. The van der Waals surface area contributed by atoms with Gasteiger partial charge < -0.3 is 10.5 Å². The van der Waals surface area contributed by atoms with E-state index in [0.29, 0.717) is 16.7 Å². The second-order valence-electron chi connectivity index (χ2n) is 10.2. The summed E-state index contributed by atoms with van der Waals surface area (Å²) in [6.45, 7) is -1.00. The highest BCUT2D eigenvalue weighted by Crippen LogP contribution is 2.33. The van der Waals surface area contributed by atoms with Crippen LogP contribution >= 0.6 is 0 Å². The molecular weight excluding hydrogens is 554 g/mol. The SMILES string of the molecule is N[C@@H](Cn1c(=O)c(-c2ccc(COC(=O)C3CC3)cc2)cn(Cc2c(F)cccc2C(F)(F)F)c1=O)c1ccccc1. The normalized spacial score (nSPS) is 14.0. The van der Waals surface area contributed by atoms with Gasteiger partial charge in [0.2, 0.25) is 0 Å². The molecule has 1 heterocycles. The van der Waals surface area contributed by atoms with Crippen molar-refractivity contribution in [2.24, 2.45) is 11.7 Å². The van der Waals surface area contributed by atoms with Crippen molar-refractivity contribution in [2.45, 2.75) is 44.8 Å². The van der Waals surface area contributed by atoms with Gasteiger partial charge in [0.05, 0.1) is 30.1 Å². The standard InChI is InChI=1S/C31H27F4N3O4/c32-26-8-4-7-25(31(33,34)35)24(26)16-37-15-23(20-11-9-19(10-12-20)18-42-29(40)22-13-14-22)28(39)38(30(37)41)17-27(36)21-5-2-1-3-6-21/h1-12,15,22,27H,13-14,16-18,36H2/t27-/m0/s1. The molecule has 42 heavy (non-hydrogen) atoms. The van der Waals surface area contributed by atoms with Crippen LogP contribution in [0.2, 0.25) is 0 Å². The van der Waals surface area contributed by atoms with Gasteiger partial charge in [0.1, 0.15) is 12.4 Å². The Morgan fingerprint density at radius 2 is 1.67 bits per heavy atom. The van der Waals surface area contributed by atoms with Crippen LogP contribution < -0.4 is 17.0 Å². The Morgan fingerprint density at radius 1 is 0.976 bits per heavy atom. The zero-order valence-electron chi connectivity index (χ0n) is 22.3. The molecule has 0 amide bonds. The molecule has 5 rings (SSSR count). The smallest absolute Gasteiger partial charge is 0.416 e. The average Bonchev–Trinajstić information content (AvgIpc) is 3.82. The zero-order valence-corrected chi connectivity index (χ0v) is 22.3. The molecule has 1 saturated carbocycles. The zero-order chi connectivity index (χ0) is 30.0. The molecule has 0 saturated heterocycles. The van der Waals surface area contributed by atoms with Crippen molar-refractivity contribution < 1.29 is 27.1 Å². The molecule has 1 aromatic heterocycles. The van der Waals surface area contributed by atoms with Crippen molar-refractivity contribution in [1.82, 2.24) is 9.13 Å². The van der Waals surface area contributed by atoms with Crippen LogP contribution in [0.3, 0.4) is 0 Å². The number of halogens is 4. The number of alkyl halides is 3. The number of hydrogen-bond acceptors (Lipinski definition) is 5. The van der Waals surface area contributed by atoms with E-state index in [1.54, 1.807) is 54.6 Å². The van der Waals surface area contributed by atoms with Gasteiger partial charge in [0.15, 0.2) is 0 Å². The molecule has 11 heteroatoms. The summed E-state index contributed by atoms with van der Waals surface area (Å²) in [5, 5.41) is 0. The largest absolute Gasteiger partial charge is 0.461 e. The van der Waals surface area contributed by atoms with E-state index in [9.17, 15) is 31.9 Å². The molecule has 1 aliphatic rings. The number of hydrogen-bond donors (Lipinski definition) is 1. The van der Waals surface area contributed by atoms with E-state index in [-0.39, 0.29) is 30.6 Å². The maximum Gasteiger partial charge on any atom is 0.416 e. The molecule has 1 aliphatic carbocycles. The first-order chi connectivity index (χ1) is 20.0. The van der Waals surface area contributed by atoms with E-state index < -0.39 is 47.0 Å². The van der Waals surface area contributed by atoms with E-state index in [1.165, 1.54) is 0 Å². The molecule has 0 bridgehead atoms. The fourth-order valence-corrected chi connectivity index (χ4v) is 4.66. The second-order valence-corrected chi connectivity index (χ2v) is 10.2. The summed E-state index contributed by atoms with van der Waals surface area (Å²) in [6, 6.07) is 16.9. The molecule has 0 aliphatic heterocycles. The molecule has 0 spiro atoms. The quantitative estimate of drug-likeness (QED) is 0.221. The monoisotopic (exact) mass is 581 g/mol. The summed E-state index contributed by atoms with van der Waals surface area (Å²) >= 11 is 0. The highest BCUT2D eigenvalue weighted by Gasteiger charge is 2.35. The Hall–Kier alpha value is -4.51. The van der Waals surface area contributed by atoms with Crippen LogP contribution in [0.15, 0.2) is 88.6 Å². The topological polar surface area (TPSA) is 96.3 Å². The van der Waals surface area contributed by atoms with E-state index in [2.05, 4.69) is 0 Å². The van der Waals surface area contributed by atoms with Gasteiger partial charge >= 0.3 is 17.8 Å². The number of nitrogens with zero attached hydrogens (tertiary/aromatic N) is 2. The van der Waals surface area contributed by atoms with Crippen LogP contribution in [-0.2, 0) is 35.4 Å². The number of benzene rings is 3. The number of esters is 1. The lowest BCUT2D eigenvalue weighted by Crippen LogP contribution is -2.42. The van der Waals surface area contributed by atoms with Crippen molar-refractivity contribution in [1.29, 1.82) is 0 Å². The average molecular weight is 582 g/mol. The van der Waals surface area contributed by atoms with Gasteiger partial charge in [-0.15, -0.1) is 0 Å². The Labute approximate surface area is 237 Å². The van der Waals surface area contributed by atoms with Crippen LogP contribution in [-0.4, -0.2) is 15.1 Å². The summed E-state index contributed by atoms with van der Waals surface area (Å²) in [5.41, 5.74) is 4.37. The van der Waals surface area contributed by atoms with E-state index in [0.717, 1.165) is 46.4 Å². The van der Waals surface area contributed by atoms with Crippen LogP contribution in [0.1, 0.15) is 41.1 Å². The Kier molecular flexibility index (Phi) is 8.13. The number of ether oxygens (including phenoxy) is 1. The summed E-state index contributed by atoms with van der Waals surface area (Å²) in [6.07, 6.45) is -2.12. The second kappa shape index (κ2) is 11.8. The summed E-state index contributed by atoms with van der Waals surface area (Å²) in [4.78, 5) is 39.0. The van der Waals surface area contributed by atoms with Gasteiger partial charge in [-0.05, 0) is 41.7 Å². The number of carbonyl (C=O) groups excluding carboxylic acids is 1. The Morgan fingerprint density at radius 3 is 2.31 bits per heavy atom. The minimum atomic E-state index is -4.87. The van der Waals surface area contributed by atoms with Crippen molar-refractivity contribution in [2.75, 3.05) is 0 Å². The third-order valence-electron chi connectivity index (χ3n) is 7.15. The number of nitrogens with two attached hydrogens (primary N) is 1. The molecule has 4 aromatic rings. The van der Waals surface area contributed by atoms with Crippen molar-refractivity contribution in [3.8, 4) is 11.1 Å². The Balaban J connectivity index is 1.56. The Bertz CT molecular complexity index is 1710. The van der Waals surface area contributed by atoms with Crippen molar-refractivity contribution >= 4 is 5.97 Å². The predicted octanol–water partition coefficient (Wildman–Crippen LogP) is 5.04. The van der Waals surface area contributed by atoms with Gasteiger partial charge in [-0.3, -0.25) is 18.7 Å². The van der Waals surface area contributed by atoms with Gasteiger partial charge in [-0.25, -0.2) is 9.18 Å². The number of rotatable bonds is 9. The molecule has 0 radical (unpaired) electrons. The molecule has 3 aromatic carbocycles. The lowest BCUT2D eigenvalue weighted by atomic mass is 10.0. The summed E-state index contributed by atoms with van der Waals surface area (Å²) < 4.78 is 62.9. The minimum absolute atomic E-state index is 0.00119. The molecule has 7 nitrogen and oxygen atoms in total. The molecular formula is C31H27F4N3O4. The van der Waals surface area contributed by atoms with Gasteiger partial charge in [-0.1, -0.05) is 60.7 Å². The predicted molar refractivity (Wildman–Crippen MR) is 147 cm³/mol. The molecule has 1 atom stereocenters. The fourth-order valence-electron chi connectivity index (χ4n) is 4.66. The van der Waals surface area contributed by atoms with E-state index in [1.807, 2.05) is 0 Å². The summed E-state index contributed by atoms with van der Waals surface area (Å²) in [5.74, 6) is -1.46. The lowest BCUT2D eigenvalue weighted by Gasteiger charge is -2.19. The fraction of sp³-hybridized carbons (Fsp3) is 0.258. The van der Waals surface area contributed by atoms with Gasteiger partial charge in [0.25, 0.3) is 5.56 Å². The first kappa shape index (κ1) is 29.0. The van der Waals surface area contributed by atoms with Crippen LogP contribution in [0.4, 0.5) is 17.6 Å². The molecule has 218 valence electrons. The van der Waals surface area contributed by atoms with Crippen molar-refractivity contribution in [3.63, 3.8) is 0 Å². The van der Waals surface area contributed by atoms with Crippen LogP contribution in [0.25, 0.3) is 11.1 Å². The lowest BCUT2D eigenvalue weighted by molar-refractivity contribution is -0.146. The van der Waals surface area contributed by atoms with Crippen LogP contribution in [0, 0.1) is 11.7 Å². The summed E-state index contributed by atoms with van der Waals surface area (Å²) in [7, 11) is 0. The third-order valence-corrected chi connectivity index (χ3v) is 7.15. The number of carbonyl (C=O) groups is 1. The van der Waals surface area contributed by atoms with Crippen LogP contribution in [0.5, 0.6) is 0 Å². The first-order valence-corrected chi connectivity index (χ1v) is 13.3. The highest BCUT2D eigenvalue weighted by atomic mass is 19.4. The van der Waals surface area contributed by atoms with E-state index >= 15 is 0 Å². The third kappa shape index (κ3) is 6.36. The number of aromatic nitrogens is 2. The van der Waals surface area contributed by atoms with E-state index in [4.69, 9.17) is 10.5 Å². The van der Waals surface area contributed by atoms with Gasteiger partial charge in [-0.2, -0.15) is 13.2 Å². The first-order valence-electron chi connectivity index (χ1n) is 13.3. The van der Waals surface area contributed by atoms with Gasteiger partial charge in [0, 0.05) is 17.8 Å². The highest BCUT2D eigenvalue weighted by molar-refractivity contribution is 5.74. The maximum absolute atomic E-state index is 14.7. The van der Waals surface area contributed by atoms with Crippen molar-refractivity contribution in [3.05, 3.63) is 128 Å². The molecule has 0 unspecified atom stereocenters.